The van der Waals surface area contributed by atoms with E-state index in [9.17, 15) is 9.59 Å². The molecule has 38 heavy (non-hydrogen) atoms. The summed E-state index contributed by atoms with van der Waals surface area (Å²) in [5.74, 6) is 0.345. The first kappa shape index (κ1) is 26.3. The van der Waals surface area contributed by atoms with Gasteiger partial charge in [0, 0.05) is 49.4 Å². The van der Waals surface area contributed by atoms with Gasteiger partial charge < -0.3 is 14.8 Å². The Kier molecular flexibility index (Phi) is 8.32. The van der Waals surface area contributed by atoms with Gasteiger partial charge >= 0.3 is 0 Å². The Balaban J connectivity index is 1.72. The maximum Gasteiger partial charge on any atom is 0.259 e. The van der Waals surface area contributed by atoms with Crippen LogP contribution in [0.2, 0.25) is 0 Å². The molecule has 0 aliphatic rings. The first-order chi connectivity index (χ1) is 18.4. The number of nitrogens with one attached hydrogen (secondary N) is 1. The molecule has 0 spiro atoms. The summed E-state index contributed by atoms with van der Waals surface area (Å²) >= 11 is 0. The van der Waals surface area contributed by atoms with Gasteiger partial charge in [0.1, 0.15) is 0 Å². The number of hydrogen-bond donors (Lipinski definition) is 1. The summed E-state index contributed by atoms with van der Waals surface area (Å²) < 4.78 is 3.51. The van der Waals surface area contributed by atoms with E-state index >= 15 is 0 Å². The molecule has 4 rings (SSSR count). The molecule has 9 heteroatoms. The minimum Gasteiger partial charge on any atom is -0.351 e. The molecule has 0 atom stereocenters. The molecule has 9 nitrogen and oxygen atoms in total. The zero-order valence-electron chi connectivity index (χ0n) is 21.5. The number of hydrogen-bond acceptors (Lipinski definition) is 6. The summed E-state index contributed by atoms with van der Waals surface area (Å²) in [6.45, 7) is 1.86. The number of fused-ring (bicyclic) bond motifs is 1. The van der Waals surface area contributed by atoms with Crippen LogP contribution in [0.15, 0.2) is 65.6 Å². The van der Waals surface area contributed by atoms with Crippen molar-refractivity contribution in [2.45, 2.75) is 25.8 Å². The summed E-state index contributed by atoms with van der Waals surface area (Å²) in [4.78, 5) is 32.4. The largest absolute Gasteiger partial charge is 0.351 e. The number of carbonyl (C=O) groups excluding carboxylic acids is 1. The average Bonchev–Trinajstić information content (AvgIpc) is 3.38. The second-order valence-electron chi connectivity index (χ2n) is 9.26. The lowest BCUT2D eigenvalue weighted by atomic mass is 10.1. The van der Waals surface area contributed by atoms with E-state index in [1.807, 2.05) is 47.8 Å². The number of imidazole rings is 1. The predicted molar refractivity (Wildman–Crippen MR) is 145 cm³/mol. The molecule has 0 radical (unpaired) electrons. The van der Waals surface area contributed by atoms with Crippen molar-refractivity contribution in [3.63, 3.8) is 0 Å². The van der Waals surface area contributed by atoms with E-state index in [-0.39, 0.29) is 11.5 Å². The van der Waals surface area contributed by atoms with Crippen LogP contribution in [0.4, 0.5) is 0 Å². The predicted octanol–water partition coefficient (Wildman–Crippen LogP) is 3.69. The first-order valence-corrected chi connectivity index (χ1v) is 12.4. The monoisotopic (exact) mass is 507 g/mol. The number of aryl methyl sites for hydroxylation is 1. The molecule has 0 fully saturated rings. The summed E-state index contributed by atoms with van der Waals surface area (Å²) in [5, 5.41) is 21.0. The molecule has 0 unspecified atom stereocenters. The zero-order chi connectivity index (χ0) is 27.1. The highest BCUT2D eigenvalue weighted by Gasteiger charge is 2.16. The van der Waals surface area contributed by atoms with Gasteiger partial charge in [-0.2, -0.15) is 10.5 Å². The normalized spacial score (nSPS) is 10.9. The van der Waals surface area contributed by atoms with Gasteiger partial charge in [0.2, 0.25) is 5.78 Å². The van der Waals surface area contributed by atoms with Crippen molar-refractivity contribution in [2.24, 2.45) is 0 Å². The van der Waals surface area contributed by atoms with Crippen molar-refractivity contribution in [3.05, 3.63) is 82.3 Å². The third-order valence-corrected chi connectivity index (χ3v) is 6.23. The number of rotatable bonds is 10. The van der Waals surface area contributed by atoms with Crippen molar-refractivity contribution in [1.82, 2.24) is 24.2 Å². The fraction of sp³-hybridized carbons (Fsp3) is 0.276. The average molecular weight is 508 g/mol. The summed E-state index contributed by atoms with van der Waals surface area (Å²) in [6, 6.07) is 20.1. The van der Waals surface area contributed by atoms with Crippen molar-refractivity contribution in [3.8, 4) is 34.7 Å². The molecule has 2 heterocycles. The second-order valence-corrected chi connectivity index (χ2v) is 9.26. The van der Waals surface area contributed by atoms with Crippen LogP contribution in [0.5, 0.6) is 0 Å². The second kappa shape index (κ2) is 12.0. The molecular formula is C29H29N7O2. The van der Waals surface area contributed by atoms with Gasteiger partial charge in [0.25, 0.3) is 11.5 Å². The highest BCUT2D eigenvalue weighted by molar-refractivity contribution is 5.94. The van der Waals surface area contributed by atoms with Crippen LogP contribution in [-0.4, -0.2) is 51.9 Å². The Morgan fingerprint density at radius 2 is 1.74 bits per heavy atom. The van der Waals surface area contributed by atoms with Crippen LogP contribution in [0.3, 0.4) is 0 Å². The fourth-order valence-corrected chi connectivity index (χ4v) is 4.17. The number of nitriles is 2. The van der Waals surface area contributed by atoms with Crippen LogP contribution < -0.4 is 10.9 Å². The molecule has 0 saturated heterocycles. The summed E-state index contributed by atoms with van der Waals surface area (Å²) in [7, 11) is 3.90. The first-order valence-electron chi connectivity index (χ1n) is 12.4. The van der Waals surface area contributed by atoms with E-state index in [0.29, 0.717) is 47.8 Å². The van der Waals surface area contributed by atoms with E-state index in [1.54, 1.807) is 36.5 Å². The lowest BCUT2D eigenvalue weighted by Crippen LogP contribution is -2.31. The van der Waals surface area contributed by atoms with Crippen LogP contribution in [-0.2, 0) is 6.54 Å². The third kappa shape index (κ3) is 5.97. The Bertz CT molecular complexity index is 1570. The Morgan fingerprint density at radius 3 is 2.39 bits per heavy atom. The molecule has 1 amide bonds. The van der Waals surface area contributed by atoms with Gasteiger partial charge in [0.15, 0.2) is 0 Å². The molecule has 4 aromatic rings. The van der Waals surface area contributed by atoms with Gasteiger partial charge in [-0.1, -0.05) is 24.3 Å². The summed E-state index contributed by atoms with van der Waals surface area (Å²) in [5.41, 5.74) is 3.77. The molecule has 0 aliphatic carbocycles. The van der Waals surface area contributed by atoms with E-state index in [0.717, 1.165) is 30.5 Å². The Morgan fingerprint density at radius 1 is 1.03 bits per heavy atom. The fourth-order valence-electron chi connectivity index (χ4n) is 4.17. The zero-order valence-corrected chi connectivity index (χ0v) is 21.5. The number of nitrogens with zero attached hydrogens (tertiary/aromatic N) is 6. The van der Waals surface area contributed by atoms with Gasteiger partial charge in [-0.25, -0.2) is 4.98 Å². The molecule has 0 saturated carbocycles. The Hall–Kier alpha value is -4.73. The van der Waals surface area contributed by atoms with Crippen LogP contribution in [0, 0.1) is 22.7 Å². The third-order valence-electron chi connectivity index (χ3n) is 6.23. The number of unbranched alkanes of at least 4 members (excludes halogenated alkanes) is 2. The lowest BCUT2D eigenvalue weighted by molar-refractivity contribution is 0.0951. The van der Waals surface area contributed by atoms with Crippen molar-refractivity contribution >= 4 is 11.7 Å². The minimum absolute atomic E-state index is 0.150. The number of likely N-dealkylation sites (N-methyl/N-ethyl adjacent to an activating group) is 1. The molecule has 0 bridgehead atoms. The van der Waals surface area contributed by atoms with Crippen molar-refractivity contribution in [2.75, 3.05) is 27.2 Å². The van der Waals surface area contributed by atoms with Gasteiger partial charge in [0.05, 0.1) is 29.1 Å². The quantitative estimate of drug-likeness (QED) is 0.327. The van der Waals surface area contributed by atoms with Crippen LogP contribution in [0.1, 0.15) is 35.2 Å². The number of benzene rings is 2. The van der Waals surface area contributed by atoms with E-state index in [4.69, 9.17) is 15.5 Å². The molecule has 2 aromatic carbocycles. The highest BCUT2D eigenvalue weighted by atomic mass is 16.1. The summed E-state index contributed by atoms with van der Waals surface area (Å²) in [6.07, 6.45) is 3.62. The topological polar surface area (TPSA) is 119 Å². The lowest BCUT2D eigenvalue weighted by Gasteiger charge is -2.15. The van der Waals surface area contributed by atoms with Crippen LogP contribution in [0.25, 0.3) is 28.3 Å². The van der Waals surface area contributed by atoms with Gasteiger partial charge in [-0.15, -0.1) is 0 Å². The highest BCUT2D eigenvalue weighted by Crippen LogP contribution is 2.24. The maximum atomic E-state index is 13.2. The molecule has 1 N–H and O–H groups in total. The SMILES string of the molecule is CN(C)CCNC(=O)c1ccc(-c2cc(=O)n3cc(-c4ccc(C#N)cc4)nc3n2CCCCC#N)cc1. The molecular weight excluding hydrogens is 478 g/mol. The minimum atomic E-state index is -0.221. The molecule has 0 aliphatic heterocycles. The van der Waals surface area contributed by atoms with Crippen molar-refractivity contribution in [1.29, 1.82) is 10.5 Å². The maximum absolute atomic E-state index is 13.2. The molecule has 192 valence electrons. The van der Waals surface area contributed by atoms with E-state index in [1.165, 1.54) is 4.40 Å². The number of carbonyl (C=O) groups is 1. The smallest absolute Gasteiger partial charge is 0.259 e. The van der Waals surface area contributed by atoms with E-state index in [2.05, 4.69) is 17.5 Å². The molecule has 2 aromatic heterocycles. The number of aromatic nitrogens is 3. The van der Waals surface area contributed by atoms with E-state index < -0.39 is 0 Å². The Labute approximate surface area is 221 Å². The van der Waals surface area contributed by atoms with Gasteiger partial charge in [-0.05, 0) is 56.8 Å². The van der Waals surface area contributed by atoms with Crippen molar-refractivity contribution < 1.29 is 4.79 Å². The van der Waals surface area contributed by atoms with Crippen LogP contribution >= 0.6 is 0 Å². The standard InChI is InChI=1S/C29H29N7O2/c1-34(2)17-15-32-28(38)24-12-10-23(11-13-24)26-18-27(37)36-20-25(22-8-6-21(19-31)7-9-22)33-29(36)35(26)16-5-3-4-14-30/h6-13,18,20H,3-5,15-17H2,1-2H3,(H,32,38). The van der Waals surface area contributed by atoms with Gasteiger partial charge in [-0.3, -0.25) is 14.0 Å². The number of amides is 1.